The predicted molar refractivity (Wildman–Crippen MR) is 62.1 cm³/mol. The lowest BCUT2D eigenvalue weighted by Gasteiger charge is -2.06. The Labute approximate surface area is 94.7 Å². The van der Waals surface area contributed by atoms with Gasteiger partial charge in [0.15, 0.2) is 0 Å². The minimum atomic E-state index is -0.0816. The van der Waals surface area contributed by atoms with Crippen molar-refractivity contribution in [2.45, 2.75) is 32.2 Å². The molecule has 0 aliphatic heterocycles. The van der Waals surface area contributed by atoms with Crippen LogP contribution in [0.5, 0.6) is 0 Å². The normalized spacial score (nSPS) is 25.2. The zero-order valence-corrected chi connectivity index (χ0v) is 10.3. The van der Waals surface area contributed by atoms with Crippen molar-refractivity contribution >= 4 is 11.3 Å². The van der Waals surface area contributed by atoms with Gasteiger partial charge >= 0.3 is 0 Å². The van der Waals surface area contributed by atoms with Crippen LogP contribution in [0.2, 0.25) is 0 Å². The van der Waals surface area contributed by atoms with Crippen LogP contribution < -0.4 is 5.73 Å². The van der Waals surface area contributed by atoms with E-state index in [1.54, 1.807) is 18.4 Å². The number of rotatable bonds is 4. The second-order valence-corrected chi connectivity index (χ2v) is 5.81. The Kier molecular flexibility index (Phi) is 2.83. The number of hydrogen-bond acceptors (Lipinski definition) is 4. The summed E-state index contributed by atoms with van der Waals surface area (Å²) < 4.78 is 5.02. The fourth-order valence-corrected chi connectivity index (χ4v) is 2.98. The van der Waals surface area contributed by atoms with E-state index in [2.05, 4.69) is 24.2 Å². The molecule has 1 aliphatic rings. The largest absolute Gasteiger partial charge is 0.383 e. The SMILES string of the molecule is COCC(N)c1csc(C2CC2(C)C)n1. The van der Waals surface area contributed by atoms with Crippen molar-refractivity contribution in [2.24, 2.45) is 11.1 Å². The zero-order chi connectivity index (χ0) is 11.1. The lowest BCUT2D eigenvalue weighted by Crippen LogP contribution is -2.16. The summed E-state index contributed by atoms with van der Waals surface area (Å²) in [7, 11) is 1.66. The quantitative estimate of drug-likeness (QED) is 0.857. The van der Waals surface area contributed by atoms with Crippen molar-refractivity contribution in [3.8, 4) is 0 Å². The minimum absolute atomic E-state index is 0.0816. The highest BCUT2D eigenvalue weighted by atomic mass is 32.1. The predicted octanol–water partition coefficient (Wildman–Crippen LogP) is 2.30. The molecule has 1 aromatic heterocycles. The van der Waals surface area contributed by atoms with Crippen LogP contribution in [0.3, 0.4) is 0 Å². The molecule has 0 aromatic carbocycles. The van der Waals surface area contributed by atoms with Gasteiger partial charge in [0, 0.05) is 18.4 Å². The lowest BCUT2D eigenvalue weighted by molar-refractivity contribution is 0.180. The second kappa shape index (κ2) is 3.85. The summed E-state index contributed by atoms with van der Waals surface area (Å²) in [5.74, 6) is 0.644. The average molecular weight is 226 g/mol. The van der Waals surface area contributed by atoms with Crippen LogP contribution >= 0.6 is 11.3 Å². The first kappa shape index (κ1) is 11.0. The molecule has 2 atom stereocenters. The van der Waals surface area contributed by atoms with Crippen LogP contribution in [-0.4, -0.2) is 18.7 Å². The molecule has 0 radical (unpaired) electrons. The Hall–Kier alpha value is -0.450. The molecule has 2 N–H and O–H groups in total. The number of aromatic nitrogens is 1. The molecule has 4 heteroatoms. The Bertz CT molecular complexity index is 348. The van der Waals surface area contributed by atoms with Gasteiger partial charge < -0.3 is 10.5 Å². The van der Waals surface area contributed by atoms with E-state index in [9.17, 15) is 0 Å². The van der Waals surface area contributed by atoms with Gasteiger partial charge in [0.1, 0.15) is 0 Å². The molecule has 1 heterocycles. The summed E-state index contributed by atoms with van der Waals surface area (Å²) in [6.07, 6.45) is 1.25. The third-order valence-corrected chi connectivity index (χ3v) is 4.05. The van der Waals surface area contributed by atoms with E-state index in [4.69, 9.17) is 10.5 Å². The highest BCUT2D eigenvalue weighted by Gasteiger charge is 2.48. The molecule has 0 amide bonds. The Morgan fingerprint density at radius 3 is 2.93 bits per heavy atom. The van der Waals surface area contributed by atoms with Crippen molar-refractivity contribution in [1.82, 2.24) is 4.98 Å². The summed E-state index contributed by atoms with van der Waals surface area (Å²) in [5.41, 5.74) is 7.34. The molecule has 1 fully saturated rings. The maximum atomic E-state index is 5.93. The van der Waals surface area contributed by atoms with E-state index >= 15 is 0 Å². The molecule has 15 heavy (non-hydrogen) atoms. The Balaban J connectivity index is 2.05. The fourth-order valence-electron chi connectivity index (χ4n) is 1.78. The number of methoxy groups -OCH3 is 1. The van der Waals surface area contributed by atoms with Gasteiger partial charge in [-0.2, -0.15) is 0 Å². The van der Waals surface area contributed by atoms with Gasteiger partial charge in [-0.3, -0.25) is 0 Å². The zero-order valence-electron chi connectivity index (χ0n) is 9.49. The summed E-state index contributed by atoms with van der Waals surface area (Å²) in [4.78, 5) is 4.60. The monoisotopic (exact) mass is 226 g/mol. The smallest absolute Gasteiger partial charge is 0.0965 e. The molecule has 0 spiro atoms. The second-order valence-electron chi connectivity index (χ2n) is 4.92. The third-order valence-electron chi connectivity index (χ3n) is 3.08. The molecule has 0 saturated heterocycles. The number of nitrogens with two attached hydrogens (primary N) is 1. The van der Waals surface area contributed by atoms with E-state index in [-0.39, 0.29) is 6.04 Å². The maximum absolute atomic E-state index is 5.93. The lowest BCUT2D eigenvalue weighted by atomic mass is 10.1. The van der Waals surface area contributed by atoms with Crippen molar-refractivity contribution < 1.29 is 4.74 Å². The first-order chi connectivity index (χ1) is 7.04. The highest BCUT2D eigenvalue weighted by molar-refractivity contribution is 7.09. The van der Waals surface area contributed by atoms with E-state index in [1.165, 1.54) is 11.4 Å². The number of nitrogens with zero attached hydrogens (tertiary/aromatic N) is 1. The summed E-state index contributed by atoms with van der Waals surface area (Å²) in [6.45, 7) is 5.11. The molecule has 0 bridgehead atoms. The molecule has 1 aliphatic carbocycles. The minimum Gasteiger partial charge on any atom is -0.383 e. The van der Waals surface area contributed by atoms with Crippen molar-refractivity contribution in [3.63, 3.8) is 0 Å². The maximum Gasteiger partial charge on any atom is 0.0965 e. The molecule has 1 saturated carbocycles. The van der Waals surface area contributed by atoms with Crippen molar-refractivity contribution in [1.29, 1.82) is 0 Å². The summed E-state index contributed by atoms with van der Waals surface area (Å²) in [5, 5.41) is 3.30. The third kappa shape index (κ3) is 2.22. The van der Waals surface area contributed by atoms with Gasteiger partial charge in [-0.25, -0.2) is 4.98 Å². The van der Waals surface area contributed by atoms with Gasteiger partial charge in [-0.1, -0.05) is 13.8 Å². The number of ether oxygens (including phenoxy) is 1. The topological polar surface area (TPSA) is 48.1 Å². The summed E-state index contributed by atoms with van der Waals surface area (Å²) in [6, 6.07) is -0.0816. The number of thiazole rings is 1. The standard InChI is InChI=1S/C11H18N2OS/c1-11(2)4-7(11)10-13-9(6-15-10)8(12)5-14-3/h6-8H,4-5,12H2,1-3H3. The van der Waals surface area contributed by atoms with E-state index in [1.807, 2.05) is 0 Å². The van der Waals surface area contributed by atoms with Gasteiger partial charge in [0.25, 0.3) is 0 Å². The average Bonchev–Trinajstić information content (AvgIpc) is 2.66. The van der Waals surface area contributed by atoms with Gasteiger partial charge in [0.2, 0.25) is 0 Å². The van der Waals surface area contributed by atoms with Crippen molar-refractivity contribution in [3.05, 3.63) is 16.1 Å². The molecule has 84 valence electrons. The molecule has 2 rings (SSSR count). The van der Waals surface area contributed by atoms with Crippen LogP contribution in [0.15, 0.2) is 5.38 Å². The molecular weight excluding hydrogens is 208 g/mol. The molecular formula is C11H18N2OS. The Morgan fingerprint density at radius 1 is 1.73 bits per heavy atom. The fraction of sp³-hybridized carbons (Fsp3) is 0.727. The summed E-state index contributed by atoms with van der Waals surface area (Å²) >= 11 is 1.73. The Morgan fingerprint density at radius 2 is 2.40 bits per heavy atom. The van der Waals surface area contributed by atoms with Crippen molar-refractivity contribution in [2.75, 3.05) is 13.7 Å². The molecule has 2 unspecified atom stereocenters. The number of hydrogen-bond donors (Lipinski definition) is 1. The van der Waals surface area contributed by atoms with Gasteiger partial charge in [-0.05, 0) is 11.8 Å². The van der Waals surface area contributed by atoms with Crippen LogP contribution in [0.1, 0.15) is 42.9 Å². The van der Waals surface area contributed by atoms with Gasteiger partial charge in [-0.15, -0.1) is 11.3 Å². The first-order valence-corrected chi connectivity index (χ1v) is 6.12. The van der Waals surface area contributed by atoms with E-state index in [0.29, 0.717) is 17.9 Å². The van der Waals surface area contributed by atoms with E-state index in [0.717, 1.165) is 5.69 Å². The van der Waals surface area contributed by atoms with Crippen LogP contribution in [0.4, 0.5) is 0 Å². The molecule has 1 aromatic rings. The highest BCUT2D eigenvalue weighted by Crippen LogP contribution is 2.59. The van der Waals surface area contributed by atoms with E-state index < -0.39 is 0 Å². The van der Waals surface area contributed by atoms with Crippen LogP contribution in [0.25, 0.3) is 0 Å². The first-order valence-electron chi connectivity index (χ1n) is 5.24. The molecule has 3 nitrogen and oxygen atoms in total. The van der Waals surface area contributed by atoms with Crippen LogP contribution in [0, 0.1) is 5.41 Å². The van der Waals surface area contributed by atoms with Crippen LogP contribution in [-0.2, 0) is 4.74 Å². The van der Waals surface area contributed by atoms with Gasteiger partial charge in [0.05, 0.1) is 23.4 Å².